The number of fused-ring (bicyclic) bond motifs is 5. The van der Waals surface area contributed by atoms with Crippen LogP contribution in [0, 0.1) is 34.5 Å². The molecule has 6 fully saturated rings. The van der Waals surface area contributed by atoms with Crippen LogP contribution in [0.4, 0.5) is 0 Å². The highest BCUT2D eigenvalue weighted by molar-refractivity contribution is 5.85. The molecule has 4 saturated carbocycles. The molecule has 0 radical (unpaired) electrons. The lowest BCUT2D eigenvalue weighted by Crippen LogP contribution is -2.63. The summed E-state index contributed by atoms with van der Waals surface area (Å²) in [6.07, 6.45) is -2.69. The van der Waals surface area contributed by atoms with Crippen LogP contribution in [0.3, 0.4) is 0 Å². The molecule has 0 aromatic carbocycles. The average molecular weight is 697 g/mol. The Morgan fingerprint density at radius 1 is 0.857 bits per heavy atom. The normalized spacial score (nSPS) is 54.4. The Balaban J connectivity index is 0.982. The van der Waals surface area contributed by atoms with Crippen LogP contribution in [0.2, 0.25) is 0 Å². The van der Waals surface area contributed by atoms with E-state index in [0.29, 0.717) is 18.4 Å². The van der Waals surface area contributed by atoms with E-state index in [9.17, 15) is 35.4 Å². The van der Waals surface area contributed by atoms with E-state index >= 15 is 0 Å². The fourth-order valence-corrected chi connectivity index (χ4v) is 11.5. The smallest absolute Gasteiger partial charge is 0.331 e. The summed E-state index contributed by atoms with van der Waals surface area (Å²) < 4.78 is 34.2. The van der Waals surface area contributed by atoms with E-state index in [-0.39, 0.29) is 41.3 Å². The molecule has 3 heterocycles. The quantitative estimate of drug-likeness (QED) is 0.163. The number of carbonyl (C=O) groups is 1. The van der Waals surface area contributed by atoms with Gasteiger partial charge in [0.05, 0.1) is 24.4 Å². The number of aliphatic hydroxyl groups is 6. The zero-order valence-electron chi connectivity index (χ0n) is 29.1. The lowest BCUT2D eigenvalue weighted by atomic mass is 9.43. The minimum Gasteiger partial charge on any atom is -0.458 e. The molecule has 0 aromatic heterocycles. The summed E-state index contributed by atoms with van der Waals surface area (Å²) in [6.45, 7) is 6.30. The second-order valence-electron chi connectivity index (χ2n) is 16.6. The first kappa shape index (κ1) is 36.1. The topological polar surface area (TPSA) is 194 Å². The molecular formula is C36H56O13. The van der Waals surface area contributed by atoms with Gasteiger partial charge in [-0.05, 0) is 99.4 Å². The summed E-state index contributed by atoms with van der Waals surface area (Å²) in [5, 5.41) is 65.7. The molecule has 49 heavy (non-hydrogen) atoms. The van der Waals surface area contributed by atoms with Gasteiger partial charge in [0.25, 0.3) is 0 Å². The molecule has 0 unspecified atom stereocenters. The van der Waals surface area contributed by atoms with Gasteiger partial charge in [0.15, 0.2) is 12.6 Å². The first-order valence-electron chi connectivity index (χ1n) is 18.3. The number of hydrogen-bond donors (Lipinski definition) is 6. The highest BCUT2D eigenvalue weighted by atomic mass is 16.7. The molecule has 2 saturated heterocycles. The monoisotopic (exact) mass is 696 g/mol. The molecule has 13 nitrogen and oxygen atoms in total. The summed E-state index contributed by atoms with van der Waals surface area (Å²) in [4.78, 5) is 11.9. The van der Waals surface area contributed by atoms with Crippen molar-refractivity contribution in [2.75, 3.05) is 20.3 Å². The van der Waals surface area contributed by atoms with Gasteiger partial charge in [-0.1, -0.05) is 13.8 Å². The van der Waals surface area contributed by atoms with Crippen LogP contribution >= 0.6 is 0 Å². The largest absolute Gasteiger partial charge is 0.458 e. The van der Waals surface area contributed by atoms with Gasteiger partial charge in [0.1, 0.15) is 49.3 Å². The summed E-state index contributed by atoms with van der Waals surface area (Å²) >= 11 is 0. The standard InChI is InChI=1S/C36H56O13/c1-17-26(38)31(44-4)30(42)32(47-17)46-16-24-27(39)28(40)29(41)33(49-24)48-20-7-10-34(2)19(14-20)5-6-23-22(34)8-11-35(3)21(9-12-36(23,35)43)18-13-25(37)45-15-18/h13,17,19-24,26-33,38-43H,5-12,14-16H2,1-4H3/t17-,19-,20-,21-,22+,23-,24-,26+,27-,28+,29-,30+,31-,32+,33-,34+,35-,36-/m0/s1. The first-order valence-corrected chi connectivity index (χ1v) is 18.3. The maximum Gasteiger partial charge on any atom is 0.331 e. The van der Waals surface area contributed by atoms with Crippen molar-refractivity contribution in [2.45, 2.75) is 152 Å². The molecule has 7 aliphatic rings. The number of rotatable bonds is 7. The van der Waals surface area contributed by atoms with E-state index in [1.807, 2.05) is 0 Å². The highest BCUT2D eigenvalue weighted by Crippen LogP contribution is 2.70. The zero-order valence-corrected chi connectivity index (χ0v) is 29.1. The molecule has 3 aliphatic heterocycles. The predicted molar refractivity (Wildman–Crippen MR) is 170 cm³/mol. The molecular weight excluding hydrogens is 640 g/mol. The van der Waals surface area contributed by atoms with Gasteiger partial charge in [-0.3, -0.25) is 0 Å². The zero-order chi connectivity index (χ0) is 35.0. The van der Waals surface area contributed by atoms with Crippen molar-refractivity contribution in [2.24, 2.45) is 34.5 Å². The van der Waals surface area contributed by atoms with Crippen molar-refractivity contribution in [3.8, 4) is 0 Å². The third kappa shape index (κ3) is 5.83. The number of cyclic esters (lactones) is 1. The number of ether oxygens (including phenoxy) is 6. The third-order valence-electron chi connectivity index (χ3n) is 14.4. The van der Waals surface area contributed by atoms with Crippen molar-refractivity contribution in [1.82, 2.24) is 0 Å². The van der Waals surface area contributed by atoms with Crippen LogP contribution in [0.25, 0.3) is 0 Å². The van der Waals surface area contributed by atoms with Crippen molar-refractivity contribution < 1.29 is 63.9 Å². The van der Waals surface area contributed by atoms with Crippen molar-refractivity contribution >= 4 is 5.97 Å². The molecule has 13 heteroatoms. The van der Waals surface area contributed by atoms with Crippen LogP contribution in [-0.2, 0) is 33.2 Å². The number of hydrogen-bond acceptors (Lipinski definition) is 13. The Kier molecular flexibility index (Phi) is 9.82. The van der Waals surface area contributed by atoms with Gasteiger partial charge < -0.3 is 59.1 Å². The summed E-state index contributed by atoms with van der Waals surface area (Å²) in [5.74, 6) is 0.789. The Morgan fingerprint density at radius 3 is 2.35 bits per heavy atom. The van der Waals surface area contributed by atoms with E-state index in [0.717, 1.165) is 63.4 Å². The Hall–Kier alpha value is -1.23. The van der Waals surface area contributed by atoms with Crippen LogP contribution in [0.1, 0.15) is 78.6 Å². The SMILES string of the molecule is CO[C@@H]1[C@@H](O)[C@H](OC[C@@H]2O[C@H](O[C@H]3CC[C@]4(C)[C@@H](CC[C@H]5[C@H]4CC[C@@]4(C)[C@H](C6=CC(=O)OC6)CC[C@]54O)C3)[C@@H](O)[C@H](O)[C@H]2O)O[C@@H](C)[C@H]1O. The van der Waals surface area contributed by atoms with Gasteiger partial charge in [0.2, 0.25) is 0 Å². The van der Waals surface area contributed by atoms with Crippen molar-refractivity contribution in [3.05, 3.63) is 11.6 Å². The van der Waals surface area contributed by atoms with Crippen LogP contribution in [0.15, 0.2) is 11.6 Å². The number of aliphatic hydroxyl groups excluding tert-OH is 5. The van der Waals surface area contributed by atoms with E-state index in [2.05, 4.69) is 13.8 Å². The van der Waals surface area contributed by atoms with E-state index < -0.39 is 67.0 Å². The molecule has 0 bridgehead atoms. The van der Waals surface area contributed by atoms with Crippen LogP contribution < -0.4 is 0 Å². The maximum absolute atomic E-state index is 12.5. The van der Waals surface area contributed by atoms with Gasteiger partial charge in [-0.15, -0.1) is 0 Å². The summed E-state index contributed by atoms with van der Waals surface area (Å²) in [7, 11) is 1.37. The lowest BCUT2D eigenvalue weighted by molar-refractivity contribution is -0.337. The van der Waals surface area contributed by atoms with Gasteiger partial charge >= 0.3 is 5.97 Å². The van der Waals surface area contributed by atoms with E-state index in [1.165, 1.54) is 7.11 Å². The lowest BCUT2D eigenvalue weighted by Gasteiger charge is -2.64. The van der Waals surface area contributed by atoms with Gasteiger partial charge in [-0.25, -0.2) is 4.79 Å². The number of carbonyl (C=O) groups excluding carboxylic acids is 1. The Morgan fingerprint density at radius 2 is 1.63 bits per heavy atom. The van der Waals surface area contributed by atoms with E-state index in [4.69, 9.17) is 28.4 Å². The molecule has 4 aliphatic carbocycles. The molecule has 18 atom stereocenters. The molecule has 6 N–H and O–H groups in total. The third-order valence-corrected chi connectivity index (χ3v) is 14.4. The minimum atomic E-state index is -1.54. The van der Waals surface area contributed by atoms with Crippen LogP contribution in [0.5, 0.6) is 0 Å². The first-order chi connectivity index (χ1) is 23.2. The van der Waals surface area contributed by atoms with Crippen molar-refractivity contribution in [3.63, 3.8) is 0 Å². The van der Waals surface area contributed by atoms with Crippen LogP contribution in [-0.4, -0.2) is 130 Å². The van der Waals surface area contributed by atoms with Gasteiger partial charge in [0, 0.05) is 18.6 Å². The Bertz CT molecular complexity index is 1260. The molecule has 278 valence electrons. The molecule has 7 rings (SSSR count). The second-order valence-corrected chi connectivity index (χ2v) is 16.6. The molecule has 0 aromatic rings. The number of methoxy groups -OCH3 is 1. The summed E-state index contributed by atoms with van der Waals surface area (Å²) in [5.41, 5.74) is -0.0206. The molecule has 0 amide bonds. The summed E-state index contributed by atoms with van der Waals surface area (Å²) in [6, 6.07) is 0. The number of esters is 1. The Labute approximate surface area is 287 Å². The maximum atomic E-state index is 12.5. The van der Waals surface area contributed by atoms with Crippen molar-refractivity contribution in [1.29, 1.82) is 0 Å². The fraction of sp³-hybridized carbons (Fsp3) is 0.917. The average Bonchev–Trinajstić information content (AvgIpc) is 3.62. The second kappa shape index (κ2) is 13.3. The van der Waals surface area contributed by atoms with E-state index in [1.54, 1.807) is 13.0 Å². The van der Waals surface area contributed by atoms with Gasteiger partial charge in [-0.2, -0.15) is 0 Å². The predicted octanol–water partition coefficient (Wildman–Crippen LogP) is 0.934. The fourth-order valence-electron chi connectivity index (χ4n) is 11.5. The molecule has 0 spiro atoms. The minimum absolute atomic E-state index is 0.0212. The highest BCUT2D eigenvalue weighted by Gasteiger charge is 2.68.